The maximum Gasteiger partial charge on any atom is 0.255 e. The van der Waals surface area contributed by atoms with Gasteiger partial charge < -0.3 is 26.1 Å². The van der Waals surface area contributed by atoms with Crippen molar-refractivity contribution in [1.29, 1.82) is 0 Å². The van der Waals surface area contributed by atoms with Gasteiger partial charge in [0.25, 0.3) is 11.5 Å². The van der Waals surface area contributed by atoms with E-state index in [0.29, 0.717) is 22.7 Å². The molecule has 0 spiro atoms. The van der Waals surface area contributed by atoms with E-state index in [-0.39, 0.29) is 34.1 Å². The number of methoxy groups -OCH3 is 1. The summed E-state index contributed by atoms with van der Waals surface area (Å²) in [7, 11) is 1.57. The number of ether oxygens (including phenoxy) is 1. The first kappa shape index (κ1) is 20.9. The average Bonchev–Trinajstić information content (AvgIpc) is 2.72. The molecule has 0 aliphatic heterocycles. The van der Waals surface area contributed by atoms with Gasteiger partial charge in [0.1, 0.15) is 11.6 Å². The summed E-state index contributed by atoms with van der Waals surface area (Å²) in [6.45, 7) is 0. The number of nitrogens with one attached hydrogen (secondary N) is 3. The number of nitrogens with two attached hydrogens (primary N) is 1. The van der Waals surface area contributed by atoms with Gasteiger partial charge in [-0.05, 0) is 48.5 Å². The lowest BCUT2D eigenvalue weighted by atomic mass is 10.2. The van der Waals surface area contributed by atoms with Crippen LogP contribution in [0.4, 0.5) is 17.2 Å². The molecule has 0 saturated carbocycles. The Balaban J connectivity index is 1.53. The van der Waals surface area contributed by atoms with Crippen molar-refractivity contribution in [2.45, 2.75) is 5.16 Å². The molecule has 0 aliphatic rings. The molecule has 30 heavy (non-hydrogen) atoms. The first-order valence-electron chi connectivity index (χ1n) is 8.78. The number of benzene rings is 2. The Hall–Kier alpha value is -3.79. The highest BCUT2D eigenvalue weighted by Gasteiger charge is 2.09. The Bertz CT molecular complexity index is 1100. The predicted octanol–water partition coefficient (Wildman–Crippen LogP) is 2.34. The molecule has 0 unspecified atom stereocenters. The van der Waals surface area contributed by atoms with E-state index in [1.54, 1.807) is 55.6 Å². The van der Waals surface area contributed by atoms with Crippen LogP contribution in [0.1, 0.15) is 10.4 Å². The summed E-state index contributed by atoms with van der Waals surface area (Å²) < 4.78 is 5.08. The van der Waals surface area contributed by atoms with E-state index in [9.17, 15) is 14.4 Å². The van der Waals surface area contributed by atoms with E-state index >= 15 is 0 Å². The monoisotopic (exact) mass is 425 g/mol. The summed E-state index contributed by atoms with van der Waals surface area (Å²) in [6, 6.07) is 14.6. The van der Waals surface area contributed by atoms with Crippen LogP contribution in [0.2, 0.25) is 0 Å². The molecule has 1 aromatic heterocycles. The number of amides is 2. The first-order chi connectivity index (χ1) is 14.4. The number of aromatic amines is 1. The number of rotatable bonds is 7. The van der Waals surface area contributed by atoms with Crippen molar-refractivity contribution in [2.75, 3.05) is 29.2 Å². The summed E-state index contributed by atoms with van der Waals surface area (Å²) in [5, 5.41) is 5.76. The van der Waals surface area contributed by atoms with Crippen LogP contribution < -0.4 is 26.7 Å². The third-order valence-corrected chi connectivity index (χ3v) is 4.73. The number of carbonyl (C=O) groups is 2. The summed E-state index contributed by atoms with van der Waals surface area (Å²) >= 11 is 1.06. The predicted molar refractivity (Wildman–Crippen MR) is 116 cm³/mol. The number of nitrogen functional groups attached to an aromatic ring is 1. The number of hydrogen-bond donors (Lipinski definition) is 4. The molecule has 0 fully saturated rings. The van der Waals surface area contributed by atoms with Crippen LogP contribution in [0.15, 0.2) is 64.5 Å². The molecule has 9 nitrogen and oxygen atoms in total. The van der Waals surface area contributed by atoms with Gasteiger partial charge in [0, 0.05) is 23.0 Å². The Morgan fingerprint density at radius 2 is 1.70 bits per heavy atom. The highest BCUT2D eigenvalue weighted by Crippen LogP contribution is 2.17. The van der Waals surface area contributed by atoms with Gasteiger partial charge >= 0.3 is 0 Å². The van der Waals surface area contributed by atoms with Gasteiger partial charge in [-0.3, -0.25) is 14.4 Å². The molecule has 0 aliphatic carbocycles. The van der Waals surface area contributed by atoms with Gasteiger partial charge in [-0.2, -0.15) is 0 Å². The Morgan fingerprint density at radius 3 is 2.33 bits per heavy atom. The van der Waals surface area contributed by atoms with Crippen LogP contribution in [0.25, 0.3) is 0 Å². The van der Waals surface area contributed by atoms with E-state index in [1.807, 2.05) is 0 Å². The van der Waals surface area contributed by atoms with Crippen molar-refractivity contribution in [3.63, 3.8) is 0 Å². The van der Waals surface area contributed by atoms with Crippen molar-refractivity contribution in [3.05, 3.63) is 70.5 Å². The zero-order valence-electron chi connectivity index (χ0n) is 16.0. The molecule has 5 N–H and O–H groups in total. The second kappa shape index (κ2) is 9.61. The highest BCUT2D eigenvalue weighted by atomic mass is 32.2. The number of H-pyrrole nitrogens is 1. The zero-order chi connectivity index (χ0) is 21.5. The maximum atomic E-state index is 12.3. The van der Waals surface area contributed by atoms with Gasteiger partial charge in [0.15, 0.2) is 5.16 Å². The molecule has 2 aromatic carbocycles. The normalized spacial score (nSPS) is 10.3. The third kappa shape index (κ3) is 5.85. The van der Waals surface area contributed by atoms with E-state index in [4.69, 9.17) is 10.5 Å². The Kier molecular flexibility index (Phi) is 6.71. The van der Waals surface area contributed by atoms with Gasteiger partial charge in [0.2, 0.25) is 5.91 Å². The number of aromatic nitrogens is 2. The molecule has 1 heterocycles. The van der Waals surface area contributed by atoms with Gasteiger partial charge in [-0.15, -0.1) is 0 Å². The second-order valence-electron chi connectivity index (χ2n) is 6.07. The van der Waals surface area contributed by atoms with Crippen LogP contribution in [0.3, 0.4) is 0 Å². The smallest absolute Gasteiger partial charge is 0.255 e. The molecule has 3 aromatic rings. The van der Waals surface area contributed by atoms with Crippen molar-refractivity contribution in [3.8, 4) is 5.75 Å². The Labute approximate surface area is 176 Å². The quantitative estimate of drug-likeness (QED) is 0.336. The lowest BCUT2D eigenvalue weighted by Gasteiger charge is -2.08. The lowest BCUT2D eigenvalue weighted by Crippen LogP contribution is -2.16. The Morgan fingerprint density at radius 1 is 1.07 bits per heavy atom. The number of hydrogen-bond acceptors (Lipinski definition) is 7. The van der Waals surface area contributed by atoms with Crippen LogP contribution in [-0.2, 0) is 4.79 Å². The molecular formula is C20H19N5O4S. The second-order valence-corrected chi connectivity index (χ2v) is 7.04. The van der Waals surface area contributed by atoms with Crippen molar-refractivity contribution in [1.82, 2.24) is 9.97 Å². The third-order valence-electron chi connectivity index (χ3n) is 3.86. The fourth-order valence-corrected chi connectivity index (χ4v) is 3.12. The largest absolute Gasteiger partial charge is 0.497 e. The summed E-state index contributed by atoms with van der Waals surface area (Å²) in [6.07, 6.45) is 0. The molecule has 0 bridgehead atoms. The number of nitrogens with zero attached hydrogens (tertiary/aromatic N) is 1. The van der Waals surface area contributed by atoms with E-state index in [1.165, 1.54) is 0 Å². The standard InChI is InChI=1S/C20H19N5O4S/c1-29-15-8-6-14(7-9-15)23-19(28)12-2-4-13(5-3-12)22-18(27)11-30-20-24-16(21)10-17(26)25-20/h2-10H,11H2,1H3,(H,22,27)(H,23,28)(H3,21,24,25,26). The number of thioether (sulfide) groups is 1. The molecule has 154 valence electrons. The topological polar surface area (TPSA) is 139 Å². The minimum Gasteiger partial charge on any atom is -0.497 e. The highest BCUT2D eigenvalue weighted by molar-refractivity contribution is 7.99. The van der Waals surface area contributed by atoms with Crippen molar-refractivity contribution in [2.24, 2.45) is 0 Å². The number of anilines is 3. The molecular weight excluding hydrogens is 406 g/mol. The van der Waals surface area contributed by atoms with Crippen LogP contribution >= 0.6 is 11.8 Å². The lowest BCUT2D eigenvalue weighted by molar-refractivity contribution is -0.113. The van der Waals surface area contributed by atoms with Gasteiger partial charge in [-0.25, -0.2) is 4.98 Å². The molecule has 0 saturated heterocycles. The van der Waals surface area contributed by atoms with Gasteiger partial charge in [-0.1, -0.05) is 11.8 Å². The first-order valence-corrected chi connectivity index (χ1v) is 9.76. The molecule has 0 radical (unpaired) electrons. The molecule has 2 amide bonds. The number of carbonyl (C=O) groups excluding carboxylic acids is 2. The van der Waals surface area contributed by atoms with Crippen LogP contribution in [-0.4, -0.2) is 34.6 Å². The average molecular weight is 425 g/mol. The minimum absolute atomic E-state index is 0.0338. The molecule has 10 heteroatoms. The zero-order valence-corrected chi connectivity index (χ0v) is 16.8. The molecule has 0 atom stereocenters. The summed E-state index contributed by atoms with van der Waals surface area (Å²) in [5.74, 6) is 0.256. The van der Waals surface area contributed by atoms with Crippen molar-refractivity contribution < 1.29 is 14.3 Å². The molecule has 3 rings (SSSR count). The fraction of sp³-hybridized carbons (Fsp3) is 0.100. The van der Waals surface area contributed by atoms with E-state index in [0.717, 1.165) is 17.8 Å². The SMILES string of the molecule is COc1ccc(NC(=O)c2ccc(NC(=O)CSc3nc(N)cc(=O)[nH]3)cc2)cc1. The maximum absolute atomic E-state index is 12.3. The minimum atomic E-state index is -0.381. The summed E-state index contributed by atoms with van der Waals surface area (Å²) in [5.41, 5.74) is 6.75. The van der Waals surface area contributed by atoms with Crippen LogP contribution in [0, 0.1) is 0 Å². The summed E-state index contributed by atoms with van der Waals surface area (Å²) in [4.78, 5) is 42.2. The fourth-order valence-electron chi connectivity index (χ4n) is 2.44. The van der Waals surface area contributed by atoms with Crippen LogP contribution in [0.5, 0.6) is 5.75 Å². The van der Waals surface area contributed by atoms with E-state index in [2.05, 4.69) is 20.6 Å². The van der Waals surface area contributed by atoms with Gasteiger partial charge in [0.05, 0.1) is 12.9 Å². The van der Waals surface area contributed by atoms with E-state index < -0.39 is 0 Å². The van der Waals surface area contributed by atoms with Crippen molar-refractivity contribution >= 4 is 40.8 Å².